The minimum absolute atomic E-state index is 0.0697. The predicted octanol–water partition coefficient (Wildman–Crippen LogP) is 1.76. The zero-order valence-corrected chi connectivity index (χ0v) is 16.4. The second-order valence-corrected chi connectivity index (χ2v) is 8.63. The van der Waals surface area contributed by atoms with Gasteiger partial charge < -0.3 is 9.64 Å². The van der Waals surface area contributed by atoms with Crippen molar-refractivity contribution in [3.8, 4) is 0 Å². The first-order valence-electron chi connectivity index (χ1n) is 8.42. The number of hydrogen-bond acceptors (Lipinski definition) is 5. The Hall–Kier alpha value is -1.64. The van der Waals surface area contributed by atoms with E-state index in [-0.39, 0.29) is 35.8 Å². The average molecular weight is 403 g/mol. The molecule has 2 rings (SSSR count). The molecule has 1 aliphatic heterocycles. The maximum absolute atomic E-state index is 12.6. The van der Waals surface area contributed by atoms with Crippen LogP contribution in [-0.4, -0.2) is 62.8 Å². The van der Waals surface area contributed by atoms with Crippen LogP contribution in [0, 0.1) is 5.92 Å². The van der Waals surface area contributed by atoms with Gasteiger partial charge in [0.15, 0.2) is 0 Å². The first-order chi connectivity index (χ1) is 12.3. The molecule has 0 bridgehead atoms. The number of halogens is 1. The Bertz CT molecular complexity index is 751. The molecule has 1 saturated heterocycles. The van der Waals surface area contributed by atoms with Gasteiger partial charge in [0.05, 0.1) is 24.0 Å². The fraction of sp³-hybridized carbons (Fsp3) is 0.529. The lowest BCUT2D eigenvalue weighted by molar-refractivity contribution is -0.151. The van der Waals surface area contributed by atoms with E-state index in [1.54, 1.807) is 6.92 Å². The van der Waals surface area contributed by atoms with Crippen LogP contribution in [0.2, 0.25) is 5.02 Å². The lowest BCUT2D eigenvalue weighted by atomic mass is 9.98. The summed E-state index contributed by atoms with van der Waals surface area (Å²) in [5.41, 5.74) is 0. The zero-order valence-electron chi connectivity index (χ0n) is 14.9. The summed E-state index contributed by atoms with van der Waals surface area (Å²) in [6, 6.07) is 5.77. The molecule has 7 nitrogen and oxygen atoms in total. The molecule has 1 aromatic rings. The highest BCUT2D eigenvalue weighted by atomic mass is 35.5. The minimum Gasteiger partial charge on any atom is -0.466 e. The van der Waals surface area contributed by atoms with Crippen molar-refractivity contribution in [1.82, 2.24) is 9.21 Å². The second-order valence-electron chi connectivity index (χ2n) is 6.15. The van der Waals surface area contributed by atoms with E-state index in [4.69, 9.17) is 16.3 Å². The SMILES string of the molecule is CCOC(=O)[C@H]1CCCN(C(=O)CN(C)S(=O)(=O)c2ccc(Cl)cc2)C1. The molecule has 0 radical (unpaired) electrons. The van der Waals surface area contributed by atoms with Crippen LogP contribution < -0.4 is 0 Å². The maximum atomic E-state index is 12.6. The van der Waals surface area contributed by atoms with Gasteiger partial charge in [-0.3, -0.25) is 9.59 Å². The molecule has 1 heterocycles. The van der Waals surface area contributed by atoms with E-state index >= 15 is 0 Å². The van der Waals surface area contributed by atoms with Crippen LogP contribution in [0.25, 0.3) is 0 Å². The molecule has 1 aromatic carbocycles. The number of likely N-dealkylation sites (tertiary alicyclic amines) is 1. The fourth-order valence-electron chi connectivity index (χ4n) is 2.82. The van der Waals surface area contributed by atoms with Gasteiger partial charge in [-0.15, -0.1) is 0 Å². The van der Waals surface area contributed by atoms with Crippen LogP contribution in [0.5, 0.6) is 0 Å². The lowest BCUT2D eigenvalue weighted by Gasteiger charge is -2.32. The number of likely N-dealkylation sites (N-methyl/N-ethyl adjacent to an activating group) is 1. The number of piperidine rings is 1. The summed E-state index contributed by atoms with van der Waals surface area (Å²) in [5.74, 6) is -1.00. The topological polar surface area (TPSA) is 84.0 Å². The summed E-state index contributed by atoms with van der Waals surface area (Å²) in [5, 5.41) is 0.431. The Balaban J connectivity index is 2.01. The van der Waals surface area contributed by atoms with Crippen molar-refractivity contribution >= 4 is 33.5 Å². The Kier molecular flexibility index (Phi) is 7.02. The van der Waals surface area contributed by atoms with E-state index in [2.05, 4.69) is 0 Å². The number of benzene rings is 1. The average Bonchev–Trinajstić information content (AvgIpc) is 2.62. The molecule has 0 spiro atoms. The summed E-state index contributed by atoms with van der Waals surface area (Å²) in [6.07, 6.45) is 1.35. The van der Waals surface area contributed by atoms with Crippen LogP contribution >= 0.6 is 11.6 Å². The number of sulfonamides is 1. The van der Waals surface area contributed by atoms with Gasteiger partial charge in [0.25, 0.3) is 0 Å². The third-order valence-corrected chi connectivity index (χ3v) is 6.34. The number of amides is 1. The monoisotopic (exact) mass is 402 g/mol. The molecular formula is C17H23ClN2O5S. The predicted molar refractivity (Wildman–Crippen MR) is 97.2 cm³/mol. The van der Waals surface area contributed by atoms with Gasteiger partial charge in [0.2, 0.25) is 15.9 Å². The molecule has 0 saturated carbocycles. The number of hydrogen-bond donors (Lipinski definition) is 0. The summed E-state index contributed by atoms with van der Waals surface area (Å²) in [4.78, 5) is 26.0. The molecule has 144 valence electrons. The van der Waals surface area contributed by atoms with Crippen LogP contribution in [0.1, 0.15) is 19.8 Å². The highest BCUT2D eigenvalue weighted by molar-refractivity contribution is 7.89. The highest BCUT2D eigenvalue weighted by Gasteiger charge is 2.31. The summed E-state index contributed by atoms with van der Waals surface area (Å²) in [6.45, 7) is 2.50. The number of carbonyl (C=O) groups excluding carboxylic acids is 2. The Labute approximate surface area is 158 Å². The lowest BCUT2D eigenvalue weighted by Crippen LogP contribution is -2.47. The molecule has 1 amide bonds. The van der Waals surface area contributed by atoms with Gasteiger partial charge in [-0.05, 0) is 44.0 Å². The molecule has 1 atom stereocenters. The number of ether oxygens (including phenoxy) is 1. The van der Waals surface area contributed by atoms with Gasteiger partial charge >= 0.3 is 5.97 Å². The van der Waals surface area contributed by atoms with E-state index in [9.17, 15) is 18.0 Å². The molecular weight excluding hydrogens is 380 g/mol. The van der Waals surface area contributed by atoms with Gasteiger partial charge in [-0.25, -0.2) is 8.42 Å². The summed E-state index contributed by atoms with van der Waals surface area (Å²) in [7, 11) is -2.44. The van der Waals surface area contributed by atoms with Crippen LogP contribution in [0.4, 0.5) is 0 Å². The van der Waals surface area contributed by atoms with E-state index in [1.807, 2.05) is 0 Å². The quantitative estimate of drug-likeness (QED) is 0.677. The van der Waals surface area contributed by atoms with Crippen molar-refractivity contribution in [3.05, 3.63) is 29.3 Å². The van der Waals surface area contributed by atoms with Crippen LogP contribution in [0.3, 0.4) is 0 Å². The molecule has 0 N–H and O–H groups in total. The Morgan fingerprint density at radius 1 is 1.31 bits per heavy atom. The standard InChI is InChI=1S/C17H23ClN2O5S/c1-3-25-17(22)13-5-4-10-20(11-13)16(21)12-19(2)26(23,24)15-8-6-14(18)7-9-15/h6-9,13H,3-5,10-12H2,1-2H3/t13-/m0/s1. The number of rotatable bonds is 6. The van der Waals surface area contributed by atoms with Crippen molar-refractivity contribution in [3.63, 3.8) is 0 Å². The zero-order chi connectivity index (χ0) is 19.3. The smallest absolute Gasteiger partial charge is 0.310 e. The van der Waals surface area contributed by atoms with E-state index in [1.165, 1.54) is 36.2 Å². The third-order valence-electron chi connectivity index (χ3n) is 4.27. The van der Waals surface area contributed by atoms with Gasteiger partial charge in [0.1, 0.15) is 0 Å². The van der Waals surface area contributed by atoms with Gasteiger partial charge in [0, 0.05) is 25.2 Å². The first kappa shape index (κ1) is 20.7. The largest absolute Gasteiger partial charge is 0.466 e. The van der Waals surface area contributed by atoms with Crippen molar-refractivity contribution < 1.29 is 22.7 Å². The van der Waals surface area contributed by atoms with E-state index in [0.717, 1.165) is 4.31 Å². The number of esters is 1. The molecule has 1 fully saturated rings. The normalized spacial score (nSPS) is 18.0. The molecule has 1 aliphatic rings. The Morgan fingerprint density at radius 2 is 1.96 bits per heavy atom. The van der Waals surface area contributed by atoms with Gasteiger partial charge in [-0.2, -0.15) is 4.31 Å². The molecule has 9 heteroatoms. The third kappa shape index (κ3) is 4.96. The summed E-state index contributed by atoms with van der Waals surface area (Å²) >= 11 is 5.78. The van der Waals surface area contributed by atoms with Crippen LogP contribution in [-0.2, 0) is 24.3 Å². The Morgan fingerprint density at radius 3 is 2.58 bits per heavy atom. The van der Waals surface area contributed by atoms with Crippen molar-refractivity contribution in [1.29, 1.82) is 0 Å². The van der Waals surface area contributed by atoms with E-state index < -0.39 is 10.0 Å². The van der Waals surface area contributed by atoms with Crippen molar-refractivity contribution in [2.75, 3.05) is 33.3 Å². The van der Waals surface area contributed by atoms with Crippen molar-refractivity contribution in [2.45, 2.75) is 24.7 Å². The van der Waals surface area contributed by atoms with Gasteiger partial charge in [-0.1, -0.05) is 11.6 Å². The number of nitrogens with zero attached hydrogens (tertiary/aromatic N) is 2. The van der Waals surface area contributed by atoms with Crippen LogP contribution in [0.15, 0.2) is 29.2 Å². The molecule has 0 unspecified atom stereocenters. The first-order valence-corrected chi connectivity index (χ1v) is 10.2. The highest BCUT2D eigenvalue weighted by Crippen LogP contribution is 2.20. The second kappa shape index (κ2) is 8.83. The summed E-state index contributed by atoms with van der Waals surface area (Å²) < 4.78 is 31.1. The van der Waals surface area contributed by atoms with E-state index in [0.29, 0.717) is 31.0 Å². The number of carbonyl (C=O) groups is 2. The van der Waals surface area contributed by atoms with Crippen molar-refractivity contribution in [2.24, 2.45) is 5.92 Å². The molecule has 0 aromatic heterocycles. The fourth-order valence-corrected chi connectivity index (χ4v) is 4.06. The molecule has 26 heavy (non-hydrogen) atoms. The minimum atomic E-state index is -3.79. The maximum Gasteiger partial charge on any atom is 0.310 e. The molecule has 0 aliphatic carbocycles.